The molecule has 0 saturated carbocycles. The number of anilines is 3. The van der Waals surface area contributed by atoms with Gasteiger partial charge in [-0.3, -0.25) is 9.88 Å². The molecule has 1 aliphatic rings. The molecule has 1 unspecified atom stereocenters. The Morgan fingerprint density at radius 2 is 1.84 bits per heavy atom. The van der Waals surface area contributed by atoms with Crippen LogP contribution in [-0.2, 0) is 0 Å². The number of nitrogens with zero attached hydrogens (tertiary/aromatic N) is 7. The summed E-state index contributed by atoms with van der Waals surface area (Å²) in [5.41, 5.74) is 3.75. The van der Waals surface area contributed by atoms with Gasteiger partial charge in [0.15, 0.2) is 6.39 Å². The molecule has 0 amide bonds. The molecule has 44 heavy (non-hydrogen) atoms. The first-order valence-electron chi connectivity index (χ1n) is 14.2. The summed E-state index contributed by atoms with van der Waals surface area (Å²) in [4.78, 5) is 11.3. The summed E-state index contributed by atoms with van der Waals surface area (Å²) in [6.45, 7) is 8.69. The number of halogens is 3. The van der Waals surface area contributed by atoms with Crippen molar-refractivity contribution >= 4 is 51.2 Å². The highest BCUT2D eigenvalue weighted by Crippen LogP contribution is 2.37. The molecule has 2 N–H and O–H groups in total. The SMILES string of the molecule is CC(C)(C)N1CCC(n2cc(C(Nc3cc(Cl)c4ncc(C#N)c(Nc5ccc(F)c(Cl)c5)c4c3)c3cocn3)nn2)CC1. The monoisotopic (exact) mass is 633 g/mol. The summed E-state index contributed by atoms with van der Waals surface area (Å²) < 4.78 is 21.1. The Kier molecular flexibility index (Phi) is 8.16. The van der Waals surface area contributed by atoms with E-state index in [-0.39, 0.29) is 22.2 Å². The van der Waals surface area contributed by atoms with Crippen LogP contribution in [0.3, 0.4) is 0 Å². The van der Waals surface area contributed by atoms with E-state index in [1.54, 1.807) is 12.3 Å². The van der Waals surface area contributed by atoms with Crippen LogP contribution in [0, 0.1) is 17.1 Å². The third-order valence-corrected chi connectivity index (χ3v) is 8.48. The molecule has 3 aromatic heterocycles. The van der Waals surface area contributed by atoms with Crippen molar-refractivity contribution in [1.82, 2.24) is 29.9 Å². The van der Waals surface area contributed by atoms with E-state index in [4.69, 9.17) is 27.6 Å². The van der Waals surface area contributed by atoms with Crippen LogP contribution in [0.25, 0.3) is 10.9 Å². The number of nitrogens with one attached hydrogen (secondary N) is 2. The quantitative estimate of drug-likeness (QED) is 0.187. The Morgan fingerprint density at radius 3 is 2.52 bits per heavy atom. The molecule has 1 aliphatic heterocycles. The van der Waals surface area contributed by atoms with Crippen LogP contribution in [0.2, 0.25) is 10.0 Å². The fraction of sp³-hybridized carbons (Fsp3) is 0.323. The van der Waals surface area contributed by atoms with E-state index < -0.39 is 11.9 Å². The number of piperidine rings is 1. The van der Waals surface area contributed by atoms with E-state index in [0.29, 0.717) is 44.4 Å². The second kappa shape index (κ2) is 12.0. The molecular formula is C31H30Cl2FN9O. The van der Waals surface area contributed by atoms with Gasteiger partial charge in [0.05, 0.1) is 39.1 Å². The Balaban J connectivity index is 1.33. The van der Waals surface area contributed by atoms with Crippen molar-refractivity contribution in [2.24, 2.45) is 0 Å². The number of oxazole rings is 1. The van der Waals surface area contributed by atoms with E-state index in [1.807, 2.05) is 16.9 Å². The molecule has 0 radical (unpaired) electrons. The number of nitriles is 1. The predicted molar refractivity (Wildman–Crippen MR) is 168 cm³/mol. The van der Waals surface area contributed by atoms with Crippen molar-refractivity contribution in [1.29, 1.82) is 5.26 Å². The molecule has 0 spiro atoms. The highest BCUT2D eigenvalue weighted by atomic mass is 35.5. The van der Waals surface area contributed by atoms with Gasteiger partial charge in [-0.2, -0.15) is 5.26 Å². The van der Waals surface area contributed by atoms with Crippen LogP contribution < -0.4 is 10.6 Å². The van der Waals surface area contributed by atoms with Crippen LogP contribution in [0.1, 0.15) is 62.6 Å². The summed E-state index contributed by atoms with van der Waals surface area (Å²) in [7, 11) is 0. The lowest BCUT2D eigenvalue weighted by molar-refractivity contribution is 0.0866. The summed E-state index contributed by atoms with van der Waals surface area (Å²) in [6.07, 6.45) is 8.27. The van der Waals surface area contributed by atoms with Gasteiger partial charge in [0.2, 0.25) is 0 Å². The highest BCUT2D eigenvalue weighted by molar-refractivity contribution is 6.36. The second-order valence-corrected chi connectivity index (χ2v) is 12.6. The number of likely N-dealkylation sites (tertiary alicyclic amines) is 1. The van der Waals surface area contributed by atoms with Gasteiger partial charge < -0.3 is 15.1 Å². The molecule has 226 valence electrons. The summed E-state index contributed by atoms with van der Waals surface area (Å²) >= 11 is 12.7. The second-order valence-electron chi connectivity index (χ2n) is 11.8. The Labute approximate surface area is 263 Å². The summed E-state index contributed by atoms with van der Waals surface area (Å²) in [6, 6.07) is 9.72. The van der Waals surface area contributed by atoms with Crippen molar-refractivity contribution in [2.45, 2.75) is 51.2 Å². The third-order valence-electron chi connectivity index (χ3n) is 7.90. The van der Waals surface area contributed by atoms with E-state index in [2.05, 4.69) is 62.7 Å². The number of benzene rings is 2. The summed E-state index contributed by atoms with van der Waals surface area (Å²) in [5.74, 6) is -0.543. The lowest BCUT2D eigenvalue weighted by Gasteiger charge is -2.40. The minimum atomic E-state index is -0.543. The normalized spacial score (nSPS) is 15.3. The van der Waals surface area contributed by atoms with Gasteiger partial charge in [0.25, 0.3) is 0 Å². The minimum Gasteiger partial charge on any atom is -0.451 e. The Morgan fingerprint density at radius 1 is 1.07 bits per heavy atom. The van der Waals surface area contributed by atoms with E-state index >= 15 is 0 Å². The molecule has 2 aromatic carbocycles. The molecule has 1 atom stereocenters. The number of aromatic nitrogens is 5. The van der Waals surface area contributed by atoms with Gasteiger partial charge in [0, 0.05) is 41.6 Å². The number of hydrogen-bond donors (Lipinski definition) is 2. The molecule has 4 heterocycles. The average Bonchev–Trinajstić information content (AvgIpc) is 3.71. The van der Waals surface area contributed by atoms with Crippen LogP contribution in [0.5, 0.6) is 0 Å². The van der Waals surface area contributed by atoms with Gasteiger partial charge in [0.1, 0.15) is 35.6 Å². The molecule has 1 saturated heterocycles. The fourth-order valence-electron chi connectivity index (χ4n) is 5.51. The largest absolute Gasteiger partial charge is 0.451 e. The maximum Gasteiger partial charge on any atom is 0.180 e. The van der Waals surface area contributed by atoms with Gasteiger partial charge in [-0.15, -0.1) is 5.10 Å². The molecule has 10 nitrogen and oxygen atoms in total. The van der Waals surface area contributed by atoms with Crippen molar-refractivity contribution in [2.75, 3.05) is 23.7 Å². The first-order valence-corrected chi connectivity index (χ1v) is 14.9. The van der Waals surface area contributed by atoms with Crippen LogP contribution >= 0.6 is 23.2 Å². The van der Waals surface area contributed by atoms with Crippen LogP contribution in [0.4, 0.5) is 21.5 Å². The third kappa shape index (κ3) is 6.06. The van der Waals surface area contributed by atoms with Gasteiger partial charge in [-0.1, -0.05) is 28.4 Å². The zero-order valence-corrected chi connectivity index (χ0v) is 25.9. The highest BCUT2D eigenvalue weighted by Gasteiger charge is 2.29. The molecule has 5 aromatic rings. The Bertz CT molecular complexity index is 1840. The van der Waals surface area contributed by atoms with Crippen molar-refractivity contribution in [3.05, 3.63) is 88.2 Å². The first kappa shape index (κ1) is 29.8. The van der Waals surface area contributed by atoms with Crippen molar-refractivity contribution in [3.8, 4) is 6.07 Å². The lowest BCUT2D eigenvalue weighted by atomic mass is 9.98. The number of fused-ring (bicyclic) bond motifs is 1. The predicted octanol–water partition coefficient (Wildman–Crippen LogP) is 7.51. The molecular weight excluding hydrogens is 604 g/mol. The topological polar surface area (TPSA) is 121 Å². The standard InChI is InChI=1S/C31H30Cl2FN9O/c1-31(2,3)42-8-6-21(7-9-42)43-15-26(40-41-43)30(27-16-44-17-37-27)39-20-10-22-28(38-19-4-5-25(34)23(32)11-19)18(13-35)14-36-29(22)24(33)12-20/h4-5,10-12,14-17,21,30,39H,6-9H2,1-3H3,(H,36,38). The molecule has 0 bridgehead atoms. The summed E-state index contributed by atoms with van der Waals surface area (Å²) in [5, 5.41) is 26.5. The molecule has 6 rings (SSSR count). The number of hydrogen-bond acceptors (Lipinski definition) is 9. The molecule has 1 fully saturated rings. The van der Waals surface area contributed by atoms with Crippen LogP contribution in [0.15, 0.2) is 59.8 Å². The fourth-order valence-corrected chi connectivity index (χ4v) is 5.96. The van der Waals surface area contributed by atoms with Crippen LogP contribution in [-0.4, -0.2) is 48.5 Å². The van der Waals surface area contributed by atoms with Crippen molar-refractivity contribution in [3.63, 3.8) is 0 Å². The van der Waals surface area contributed by atoms with Gasteiger partial charge in [-0.05, 0) is 63.9 Å². The maximum absolute atomic E-state index is 13.8. The van der Waals surface area contributed by atoms with Gasteiger partial charge in [-0.25, -0.2) is 14.1 Å². The average molecular weight is 635 g/mol. The van der Waals surface area contributed by atoms with E-state index in [9.17, 15) is 9.65 Å². The van der Waals surface area contributed by atoms with Crippen molar-refractivity contribution < 1.29 is 8.81 Å². The maximum atomic E-state index is 13.8. The minimum absolute atomic E-state index is 0.0458. The van der Waals surface area contributed by atoms with E-state index in [0.717, 1.165) is 25.9 Å². The Hall–Kier alpha value is -4.24. The smallest absolute Gasteiger partial charge is 0.180 e. The molecule has 13 heteroatoms. The van der Waals surface area contributed by atoms with E-state index in [1.165, 1.54) is 30.8 Å². The number of rotatable bonds is 7. The first-order chi connectivity index (χ1) is 21.1. The molecule has 0 aliphatic carbocycles. The zero-order chi connectivity index (χ0) is 31.0. The zero-order valence-electron chi connectivity index (χ0n) is 24.4. The lowest BCUT2D eigenvalue weighted by Crippen LogP contribution is -2.46. The number of pyridine rings is 1. The van der Waals surface area contributed by atoms with Gasteiger partial charge >= 0.3 is 0 Å².